The molecule has 4 aliphatic carbocycles. The van der Waals surface area contributed by atoms with E-state index in [1.165, 1.54) is 6.07 Å². The number of aliphatic carboxylic acids is 1. The second kappa shape index (κ2) is 10.4. The SMILES string of the molecule is CCN1C(C(=O)NC23CCC(C(=O)O)(CC2)CC3)C(c2cccc(Cl)c2F)C2(C(=O)Nc3cc(Cl)ccc32)C12CCCCC2. The van der Waals surface area contributed by atoms with Crippen LogP contribution in [-0.4, -0.2) is 51.5 Å². The predicted molar refractivity (Wildman–Crippen MR) is 167 cm³/mol. The van der Waals surface area contributed by atoms with E-state index in [0.29, 0.717) is 68.6 Å². The van der Waals surface area contributed by atoms with E-state index >= 15 is 4.39 Å². The van der Waals surface area contributed by atoms with Gasteiger partial charge in [0.05, 0.1) is 16.5 Å². The highest BCUT2D eigenvalue weighted by atomic mass is 35.5. The van der Waals surface area contributed by atoms with E-state index in [1.54, 1.807) is 24.3 Å². The van der Waals surface area contributed by atoms with Crippen LogP contribution in [0.5, 0.6) is 0 Å². The third kappa shape index (κ3) is 3.92. The molecule has 3 N–H and O–H groups in total. The Balaban J connectivity index is 1.42. The summed E-state index contributed by atoms with van der Waals surface area (Å²) in [4.78, 5) is 43.9. The first-order valence-electron chi connectivity index (χ1n) is 15.9. The molecule has 6 aliphatic rings. The van der Waals surface area contributed by atoms with Crippen LogP contribution in [0.15, 0.2) is 36.4 Å². The van der Waals surface area contributed by atoms with E-state index in [0.717, 1.165) is 24.8 Å². The van der Waals surface area contributed by atoms with E-state index in [2.05, 4.69) is 15.5 Å². The highest BCUT2D eigenvalue weighted by Crippen LogP contribution is 2.66. The van der Waals surface area contributed by atoms with E-state index in [1.807, 2.05) is 13.0 Å². The molecule has 44 heavy (non-hydrogen) atoms. The Bertz CT molecular complexity index is 1530. The minimum absolute atomic E-state index is 0.0534. The van der Waals surface area contributed by atoms with Gasteiger partial charge < -0.3 is 15.7 Å². The van der Waals surface area contributed by atoms with Crippen molar-refractivity contribution in [2.24, 2.45) is 5.41 Å². The molecule has 234 valence electrons. The number of carbonyl (C=O) groups is 3. The fourth-order valence-corrected chi connectivity index (χ4v) is 10.4. The molecular formula is C34H38Cl2FN3O4. The van der Waals surface area contributed by atoms with Crippen molar-refractivity contribution in [2.45, 2.75) is 106 Å². The number of hydrogen-bond donors (Lipinski definition) is 3. The third-order valence-corrected chi connectivity index (χ3v) is 12.6. The van der Waals surface area contributed by atoms with Crippen molar-refractivity contribution in [3.8, 4) is 0 Å². The molecule has 2 aromatic carbocycles. The molecule has 5 fully saturated rings. The van der Waals surface area contributed by atoms with Gasteiger partial charge in [0.25, 0.3) is 0 Å². The van der Waals surface area contributed by atoms with Crippen molar-refractivity contribution in [3.63, 3.8) is 0 Å². The van der Waals surface area contributed by atoms with Crippen LogP contribution in [0.25, 0.3) is 0 Å². The van der Waals surface area contributed by atoms with Crippen LogP contribution in [0.3, 0.4) is 0 Å². The van der Waals surface area contributed by atoms with Crippen molar-refractivity contribution in [1.82, 2.24) is 10.2 Å². The maximum atomic E-state index is 16.3. The van der Waals surface area contributed by atoms with Crippen molar-refractivity contribution in [1.29, 1.82) is 0 Å². The number of rotatable bonds is 5. The van der Waals surface area contributed by atoms with Gasteiger partial charge >= 0.3 is 5.97 Å². The summed E-state index contributed by atoms with van der Waals surface area (Å²) in [5, 5.41) is 16.9. The summed E-state index contributed by atoms with van der Waals surface area (Å²) in [5.74, 6) is -2.72. The summed E-state index contributed by atoms with van der Waals surface area (Å²) in [5.41, 5.74) is -1.67. The molecule has 8 rings (SSSR count). The van der Waals surface area contributed by atoms with Crippen molar-refractivity contribution < 1.29 is 23.9 Å². The van der Waals surface area contributed by atoms with E-state index in [-0.39, 0.29) is 22.4 Å². The Morgan fingerprint density at radius 2 is 1.70 bits per heavy atom. The van der Waals surface area contributed by atoms with Crippen LogP contribution in [0.2, 0.25) is 10.0 Å². The molecule has 3 atom stereocenters. The number of likely N-dealkylation sites (tertiary alicyclic amines) is 1. The third-order valence-electron chi connectivity index (χ3n) is 12.1. The number of fused-ring (bicyclic) bond motifs is 6. The monoisotopic (exact) mass is 641 g/mol. The number of nitrogens with one attached hydrogen (secondary N) is 2. The molecule has 2 aromatic rings. The fraction of sp³-hybridized carbons (Fsp3) is 0.559. The lowest BCUT2D eigenvalue weighted by Crippen LogP contribution is -2.63. The molecule has 2 aliphatic heterocycles. The first kappa shape index (κ1) is 30.0. The number of benzene rings is 2. The second-order valence-corrected chi connectivity index (χ2v) is 14.6. The summed E-state index contributed by atoms with van der Waals surface area (Å²) in [6.07, 6.45) is 7.45. The number of hydrogen-bond acceptors (Lipinski definition) is 4. The average Bonchev–Trinajstić information content (AvgIpc) is 3.44. The number of carboxylic acids is 1. The van der Waals surface area contributed by atoms with E-state index in [4.69, 9.17) is 23.2 Å². The molecule has 2 spiro atoms. The van der Waals surface area contributed by atoms with Crippen LogP contribution in [0.4, 0.5) is 10.1 Å². The topological polar surface area (TPSA) is 98.7 Å². The smallest absolute Gasteiger partial charge is 0.309 e. The van der Waals surface area contributed by atoms with Crippen LogP contribution in [0, 0.1) is 11.2 Å². The summed E-state index contributed by atoms with van der Waals surface area (Å²) >= 11 is 12.8. The standard InChI is InChI=1S/C34H38Cl2FN3O4/c1-2-40-27(28(41)39-32-16-13-31(14-17-32,15-18-32)30(43)44)25(21-7-6-8-23(36)26(21)37)34(33(40)11-4-3-5-12-33)22-10-9-20(35)19-24(22)38-29(34)42/h6-10,19,25,27H,2-5,11-18H2,1H3,(H,38,42)(H,39,41)(H,43,44). The molecule has 10 heteroatoms. The quantitative estimate of drug-likeness (QED) is 0.333. The number of halogens is 3. The van der Waals surface area contributed by atoms with Gasteiger partial charge in [-0.2, -0.15) is 0 Å². The lowest BCUT2D eigenvalue weighted by Gasteiger charge is -2.52. The zero-order valence-corrected chi connectivity index (χ0v) is 26.4. The highest BCUT2D eigenvalue weighted by molar-refractivity contribution is 6.31. The van der Waals surface area contributed by atoms with Crippen LogP contribution < -0.4 is 10.6 Å². The number of carboxylic acid groups (broad SMARTS) is 1. The minimum atomic E-state index is -1.27. The zero-order valence-electron chi connectivity index (χ0n) is 24.9. The Labute approximate surface area is 266 Å². The Kier molecular flexibility index (Phi) is 7.11. The van der Waals surface area contributed by atoms with Crippen molar-refractivity contribution in [2.75, 3.05) is 11.9 Å². The summed E-state index contributed by atoms with van der Waals surface area (Å²) in [6.45, 7) is 2.50. The minimum Gasteiger partial charge on any atom is -0.481 e. The van der Waals surface area contributed by atoms with Gasteiger partial charge in [0.15, 0.2) is 0 Å². The molecular weight excluding hydrogens is 604 g/mol. The largest absolute Gasteiger partial charge is 0.481 e. The molecule has 1 saturated heterocycles. The molecule has 4 saturated carbocycles. The molecule has 2 heterocycles. The van der Waals surface area contributed by atoms with Gasteiger partial charge in [-0.1, -0.05) is 67.6 Å². The van der Waals surface area contributed by atoms with Crippen LogP contribution in [-0.2, 0) is 19.8 Å². The van der Waals surface area contributed by atoms with E-state index < -0.39 is 45.7 Å². The molecule has 0 radical (unpaired) electrons. The van der Waals surface area contributed by atoms with Crippen LogP contribution >= 0.6 is 23.2 Å². The van der Waals surface area contributed by atoms with Gasteiger partial charge in [-0.15, -0.1) is 0 Å². The van der Waals surface area contributed by atoms with Gasteiger partial charge in [-0.25, -0.2) is 4.39 Å². The molecule has 2 amide bonds. The molecule has 7 nitrogen and oxygen atoms in total. The van der Waals surface area contributed by atoms with Crippen molar-refractivity contribution >= 4 is 46.7 Å². The maximum absolute atomic E-state index is 16.3. The Morgan fingerprint density at radius 1 is 1.02 bits per heavy atom. The maximum Gasteiger partial charge on any atom is 0.309 e. The summed E-state index contributed by atoms with van der Waals surface area (Å²) < 4.78 is 16.3. The van der Waals surface area contributed by atoms with Gasteiger partial charge in [0.2, 0.25) is 11.8 Å². The number of amides is 2. The summed E-state index contributed by atoms with van der Waals surface area (Å²) in [6, 6.07) is 9.38. The Hall–Kier alpha value is -2.68. The van der Waals surface area contributed by atoms with Crippen LogP contribution in [0.1, 0.15) is 94.6 Å². The fourth-order valence-electron chi connectivity index (χ4n) is 10.1. The molecule has 2 bridgehead atoms. The number of anilines is 1. The normalized spacial score (nSPS) is 33.9. The number of nitrogens with zero attached hydrogens (tertiary/aromatic N) is 1. The van der Waals surface area contributed by atoms with Gasteiger partial charge in [0.1, 0.15) is 11.2 Å². The van der Waals surface area contributed by atoms with Gasteiger partial charge in [-0.05, 0) is 87.2 Å². The molecule has 3 unspecified atom stereocenters. The zero-order chi connectivity index (χ0) is 31.1. The molecule has 0 aromatic heterocycles. The van der Waals surface area contributed by atoms with Crippen molar-refractivity contribution in [3.05, 3.63) is 63.4 Å². The average molecular weight is 643 g/mol. The van der Waals surface area contributed by atoms with Gasteiger partial charge in [0, 0.05) is 27.7 Å². The highest BCUT2D eigenvalue weighted by Gasteiger charge is 2.75. The number of likely N-dealkylation sites (N-methyl/N-ethyl adjacent to an activating group) is 1. The Morgan fingerprint density at radius 3 is 2.34 bits per heavy atom. The summed E-state index contributed by atoms with van der Waals surface area (Å²) in [7, 11) is 0. The van der Waals surface area contributed by atoms with Gasteiger partial charge in [-0.3, -0.25) is 19.3 Å². The number of carbonyl (C=O) groups excluding carboxylic acids is 2. The lowest BCUT2D eigenvalue weighted by atomic mass is 9.55. The predicted octanol–water partition coefficient (Wildman–Crippen LogP) is 6.81. The first-order valence-corrected chi connectivity index (χ1v) is 16.7. The first-order chi connectivity index (χ1) is 21.0. The lowest BCUT2D eigenvalue weighted by molar-refractivity contribution is -0.157. The van der Waals surface area contributed by atoms with E-state index in [9.17, 15) is 19.5 Å². The second-order valence-electron chi connectivity index (χ2n) is 13.8.